The van der Waals surface area contributed by atoms with E-state index in [9.17, 15) is 0 Å². The van der Waals surface area contributed by atoms with Crippen molar-refractivity contribution in [1.82, 2.24) is 9.97 Å². The minimum absolute atomic E-state index is 0.175. The lowest BCUT2D eigenvalue weighted by Crippen LogP contribution is -2.09. The second kappa shape index (κ2) is 4.48. The Morgan fingerprint density at radius 2 is 2.50 bits per heavy atom. The summed E-state index contributed by atoms with van der Waals surface area (Å²) in [6, 6.07) is 1.93. The topological polar surface area (TPSA) is 61.0 Å². The molecule has 2 heterocycles. The summed E-state index contributed by atoms with van der Waals surface area (Å²) in [5.41, 5.74) is 6.45. The Balaban J connectivity index is 2.12. The van der Waals surface area contributed by atoms with E-state index in [1.807, 2.05) is 6.07 Å². The van der Waals surface area contributed by atoms with Crippen molar-refractivity contribution in [3.05, 3.63) is 23.8 Å². The van der Waals surface area contributed by atoms with Crippen LogP contribution in [0.25, 0.3) is 0 Å². The summed E-state index contributed by atoms with van der Waals surface area (Å²) in [7, 11) is 0. The van der Waals surface area contributed by atoms with E-state index in [4.69, 9.17) is 10.5 Å². The average Bonchev–Trinajstić information content (AvgIpc) is 2.71. The third-order valence-corrected chi connectivity index (χ3v) is 2.35. The van der Waals surface area contributed by atoms with E-state index in [0.717, 1.165) is 37.4 Å². The van der Waals surface area contributed by atoms with Crippen LogP contribution in [0.1, 0.15) is 30.5 Å². The zero-order chi connectivity index (χ0) is 9.80. The van der Waals surface area contributed by atoms with Gasteiger partial charge in [-0.3, -0.25) is 0 Å². The van der Waals surface area contributed by atoms with E-state index in [2.05, 4.69) is 9.97 Å². The van der Waals surface area contributed by atoms with Gasteiger partial charge < -0.3 is 10.5 Å². The number of nitrogens with zero attached hydrogens (tertiary/aromatic N) is 2. The number of rotatable bonds is 3. The van der Waals surface area contributed by atoms with E-state index in [-0.39, 0.29) is 6.10 Å². The van der Waals surface area contributed by atoms with Crippen molar-refractivity contribution in [2.75, 3.05) is 13.2 Å². The highest BCUT2D eigenvalue weighted by Crippen LogP contribution is 2.26. The molecule has 76 valence electrons. The number of aromatic nitrogens is 2. The molecule has 1 atom stereocenters. The fraction of sp³-hybridized carbons (Fsp3) is 0.600. The number of nitrogens with two attached hydrogens (primary N) is 1. The Labute approximate surface area is 83.5 Å². The molecule has 0 aromatic carbocycles. The van der Waals surface area contributed by atoms with E-state index in [1.54, 1.807) is 6.20 Å². The normalized spacial score (nSPS) is 21.4. The van der Waals surface area contributed by atoms with Gasteiger partial charge in [-0.05, 0) is 25.5 Å². The lowest BCUT2D eigenvalue weighted by atomic mass is 10.2. The van der Waals surface area contributed by atoms with Crippen LogP contribution in [-0.2, 0) is 11.2 Å². The molecule has 1 unspecified atom stereocenters. The number of ether oxygens (including phenoxy) is 1. The molecule has 1 aliphatic rings. The van der Waals surface area contributed by atoms with E-state index in [0.29, 0.717) is 6.54 Å². The van der Waals surface area contributed by atoms with Crippen molar-refractivity contribution in [2.45, 2.75) is 25.4 Å². The Morgan fingerprint density at radius 1 is 1.57 bits per heavy atom. The maximum Gasteiger partial charge on any atom is 0.129 e. The predicted octanol–water partition coefficient (Wildman–Crippen LogP) is 0.829. The molecule has 2 rings (SSSR count). The maximum absolute atomic E-state index is 5.55. The second-order valence-corrected chi connectivity index (χ2v) is 3.44. The van der Waals surface area contributed by atoms with Gasteiger partial charge in [0.2, 0.25) is 0 Å². The average molecular weight is 193 g/mol. The van der Waals surface area contributed by atoms with Crippen molar-refractivity contribution < 1.29 is 4.74 Å². The molecular formula is C10H15N3O. The van der Waals surface area contributed by atoms with Gasteiger partial charge in [-0.1, -0.05) is 0 Å². The van der Waals surface area contributed by atoms with E-state index >= 15 is 0 Å². The van der Waals surface area contributed by atoms with Crippen molar-refractivity contribution in [3.63, 3.8) is 0 Å². The van der Waals surface area contributed by atoms with Crippen LogP contribution in [0.2, 0.25) is 0 Å². The summed E-state index contributed by atoms with van der Waals surface area (Å²) >= 11 is 0. The molecule has 0 bridgehead atoms. The van der Waals surface area contributed by atoms with Crippen molar-refractivity contribution in [3.8, 4) is 0 Å². The Bertz CT molecular complexity index is 297. The SMILES string of the molecule is NCCc1nccc(C2CCCO2)n1. The zero-order valence-corrected chi connectivity index (χ0v) is 8.15. The van der Waals surface area contributed by atoms with Gasteiger partial charge >= 0.3 is 0 Å². The molecule has 0 radical (unpaired) electrons. The molecule has 1 aliphatic heterocycles. The minimum atomic E-state index is 0.175. The highest BCUT2D eigenvalue weighted by atomic mass is 16.5. The van der Waals surface area contributed by atoms with Crippen LogP contribution >= 0.6 is 0 Å². The summed E-state index contributed by atoms with van der Waals surface area (Å²) in [5, 5.41) is 0. The molecule has 14 heavy (non-hydrogen) atoms. The standard InChI is InChI=1S/C10H15N3O/c11-5-3-10-12-6-4-8(13-10)9-2-1-7-14-9/h4,6,9H,1-3,5,7,11H2. The van der Waals surface area contributed by atoms with Crippen LogP contribution in [0, 0.1) is 0 Å². The van der Waals surface area contributed by atoms with Gasteiger partial charge in [0.1, 0.15) is 5.82 Å². The monoisotopic (exact) mass is 193 g/mol. The molecule has 1 fully saturated rings. The zero-order valence-electron chi connectivity index (χ0n) is 8.15. The molecule has 1 aromatic rings. The van der Waals surface area contributed by atoms with Crippen LogP contribution < -0.4 is 5.73 Å². The smallest absolute Gasteiger partial charge is 0.129 e. The molecule has 2 N–H and O–H groups in total. The molecule has 1 aromatic heterocycles. The lowest BCUT2D eigenvalue weighted by molar-refractivity contribution is 0.108. The first-order chi connectivity index (χ1) is 6.90. The Kier molecular flexibility index (Phi) is 3.06. The van der Waals surface area contributed by atoms with Crippen LogP contribution in [0.15, 0.2) is 12.3 Å². The summed E-state index contributed by atoms with van der Waals surface area (Å²) < 4.78 is 5.55. The first kappa shape index (κ1) is 9.55. The van der Waals surface area contributed by atoms with E-state index < -0.39 is 0 Å². The first-order valence-corrected chi connectivity index (χ1v) is 5.03. The van der Waals surface area contributed by atoms with Crippen LogP contribution in [-0.4, -0.2) is 23.1 Å². The highest BCUT2D eigenvalue weighted by Gasteiger charge is 2.19. The molecule has 4 heteroatoms. The van der Waals surface area contributed by atoms with Crippen LogP contribution in [0.3, 0.4) is 0 Å². The first-order valence-electron chi connectivity index (χ1n) is 5.03. The fourth-order valence-corrected chi connectivity index (χ4v) is 1.65. The predicted molar refractivity (Wildman–Crippen MR) is 52.7 cm³/mol. The molecule has 4 nitrogen and oxygen atoms in total. The fourth-order valence-electron chi connectivity index (χ4n) is 1.65. The van der Waals surface area contributed by atoms with Gasteiger partial charge in [0.15, 0.2) is 0 Å². The summed E-state index contributed by atoms with van der Waals surface area (Å²) in [4.78, 5) is 8.58. The van der Waals surface area contributed by atoms with Crippen LogP contribution in [0.4, 0.5) is 0 Å². The number of hydrogen-bond acceptors (Lipinski definition) is 4. The van der Waals surface area contributed by atoms with Gasteiger partial charge in [0.05, 0.1) is 11.8 Å². The maximum atomic E-state index is 5.55. The molecular weight excluding hydrogens is 178 g/mol. The van der Waals surface area contributed by atoms with E-state index in [1.165, 1.54) is 0 Å². The molecule has 0 spiro atoms. The second-order valence-electron chi connectivity index (χ2n) is 3.44. The van der Waals surface area contributed by atoms with Gasteiger partial charge in [-0.2, -0.15) is 0 Å². The minimum Gasteiger partial charge on any atom is -0.372 e. The Hall–Kier alpha value is -1.00. The Morgan fingerprint density at radius 3 is 3.21 bits per heavy atom. The molecule has 0 saturated carbocycles. The molecule has 1 saturated heterocycles. The molecule has 0 aliphatic carbocycles. The van der Waals surface area contributed by atoms with Gasteiger partial charge in [-0.15, -0.1) is 0 Å². The van der Waals surface area contributed by atoms with Gasteiger partial charge in [-0.25, -0.2) is 9.97 Å². The van der Waals surface area contributed by atoms with Gasteiger partial charge in [0, 0.05) is 19.2 Å². The summed E-state index contributed by atoms with van der Waals surface area (Å²) in [6.07, 6.45) is 4.89. The summed E-state index contributed by atoms with van der Waals surface area (Å²) in [6.45, 7) is 1.44. The largest absolute Gasteiger partial charge is 0.372 e. The summed E-state index contributed by atoms with van der Waals surface area (Å²) in [5.74, 6) is 0.820. The lowest BCUT2D eigenvalue weighted by Gasteiger charge is -2.08. The number of hydrogen-bond donors (Lipinski definition) is 1. The van der Waals surface area contributed by atoms with Crippen LogP contribution in [0.5, 0.6) is 0 Å². The molecule has 0 amide bonds. The van der Waals surface area contributed by atoms with Crippen molar-refractivity contribution in [1.29, 1.82) is 0 Å². The highest BCUT2D eigenvalue weighted by molar-refractivity contribution is 5.07. The van der Waals surface area contributed by atoms with Crippen molar-refractivity contribution >= 4 is 0 Å². The van der Waals surface area contributed by atoms with Crippen molar-refractivity contribution in [2.24, 2.45) is 5.73 Å². The van der Waals surface area contributed by atoms with Gasteiger partial charge in [0.25, 0.3) is 0 Å². The third-order valence-electron chi connectivity index (χ3n) is 2.35. The third kappa shape index (κ3) is 2.08. The quantitative estimate of drug-likeness (QED) is 0.772.